The highest BCUT2D eigenvalue weighted by atomic mass is 16.5. The van der Waals surface area contributed by atoms with Gasteiger partial charge in [-0.1, -0.05) is 12.1 Å². The van der Waals surface area contributed by atoms with Crippen LogP contribution in [0.4, 0.5) is 11.5 Å². The number of carbonyl (C=O) groups excluding carboxylic acids is 2. The molecular weight excluding hydrogens is 492 g/mol. The summed E-state index contributed by atoms with van der Waals surface area (Å²) >= 11 is 0. The Kier molecular flexibility index (Phi) is 7.67. The Bertz CT molecular complexity index is 1320. The molecule has 0 radical (unpaired) electrons. The number of pyridine rings is 1. The van der Waals surface area contributed by atoms with Gasteiger partial charge in [0.05, 0.1) is 29.7 Å². The molecule has 39 heavy (non-hydrogen) atoms. The van der Waals surface area contributed by atoms with Crippen LogP contribution in [0.3, 0.4) is 0 Å². The number of carbonyl (C=O) groups is 2. The first kappa shape index (κ1) is 26.8. The number of rotatable bonds is 9. The van der Waals surface area contributed by atoms with E-state index in [1.807, 2.05) is 42.2 Å². The number of aromatic nitrogens is 1. The summed E-state index contributed by atoms with van der Waals surface area (Å²) in [7, 11) is 3.29. The van der Waals surface area contributed by atoms with E-state index in [1.54, 1.807) is 20.4 Å². The van der Waals surface area contributed by atoms with Crippen molar-refractivity contribution in [2.75, 3.05) is 50.6 Å². The van der Waals surface area contributed by atoms with Crippen molar-refractivity contribution in [2.24, 2.45) is 10.4 Å². The van der Waals surface area contributed by atoms with Crippen LogP contribution in [0.2, 0.25) is 0 Å². The number of benzene rings is 1. The third-order valence-corrected chi connectivity index (χ3v) is 7.93. The third kappa shape index (κ3) is 5.66. The second-order valence-electron chi connectivity index (χ2n) is 10.9. The summed E-state index contributed by atoms with van der Waals surface area (Å²) < 4.78 is 5.07. The molecule has 3 aliphatic rings. The molecule has 2 saturated carbocycles. The number of nitrogens with zero attached hydrogens (tertiary/aromatic N) is 5. The minimum absolute atomic E-state index is 0.00769. The van der Waals surface area contributed by atoms with E-state index >= 15 is 0 Å². The predicted molar refractivity (Wildman–Crippen MR) is 151 cm³/mol. The van der Waals surface area contributed by atoms with Gasteiger partial charge in [0.15, 0.2) is 0 Å². The van der Waals surface area contributed by atoms with Gasteiger partial charge in [-0.25, -0.2) is 4.98 Å². The maximum atomic E-state index is 12.9. The zero-order chi connectivity index (χ0) is 27.6. The Hall–Kier alpha value is -3.77. The molecule has 1 saturated heterocycles. The summed E-state index contributed by atoms with van der Waals surface area (Å²) in [6.07, 6.45) is 5.88. The van der Waals surface area contributed by atoms with Crippen LogP contribution in [0.15, 0.2) is 35.3 Å². The third-order valence-electron chi connectivity index (χ3n) is 7.93. The van der Waals surface area contributed by atoms with Gasteiger partial charge in [0, 0.05) is 63.2 Å². The van der Waals surface area contributed by atoms with Crippen molar-refractivity contribution >= 4 is 29.5 Å². The minimum atomic E-state index is -0.489. The van der Waals surface area contributed by atoms with E-state index in [-0.39, 0.29) is 17.9 Å². The molecule has 1 aromatic carbocycles. The van der Waals surface area contributed by atoms with Gasteiger partial charge in [0.25, 0.3) is 0 Å². The van der Waals surface area contributed by atoms with E-state index in [2.05, 4.69) is 21.3 Å². The highest BCUT2D eigenvalue weighted by Gasteiger charge is 2.48. The molecule has 1 aliphatic heterocycles. The number of ether oxygens (including phenoxy) is 1. The molecule has 0 bridgehead atoms. The Labute approximate surface area is 229 Å². The number of anilines is 2. The van der Waals surface area contributed by atoms with Gasteiger partial charge in [-0.2, -0.15) is 5.26 Å². The first-order chi connectivity index (χ1) is 18.9. The lowest BCUT2D eigenvalue weighted by molar-refractivity contribution is -0.134. The summed E-state index contributed by atoms with van der Waals surface area (Å²) in [5.74, 6) is 1.11. The molecule has 0 spiro atoms. The maximum absolute atomic E-state index is 12.9. The van der Waals surface area contributed by atoms with Crippen LogP contribution in [0.25, 0.3) is 11.1 Å². The number of nitrogens with one attached hydrogen (secondary N) is 1. The van der Waals surface area contributed by atoms with E-state index in [1.165, 1.54) is 0 Å². The molecule has 9 nitrogen and oxygen atoms in total. The Morgan fingerprint density at radius 2 is 2.08 bits per heavy atom. The summed E-state index contributed by atoms with van der Waals surface area (Å²) in [5, 5.41) is 13.2. The van der Waals surface area contributed by atoms with Gasteiger partial charge in [-0.05, 0) is 56.4 Å². The van der Waals surface area contributed by atoms with Crippen molar-refractivity contribution in [3.63, 3.8) is 0 Å². The quantitative estimate of drug-likeness (QED) is 0.493. The number of methoxy groups -OCH3 is 1. The van der Waals surface area contributed by atoms with Crippen molar-refractivity contribution in [1.82, 2.24) is 9.88 Å². The van der Waals surface area contributed by atoms with Crippen molar-refractivity contribution < 1.29 is 14.3 Å². The Balaban J connectivity index is 1.40. The average Bonchev–Trinajstić information content (AvgIpc) is 3.87. The standard InChI is InChI=1S/C30H36N6O3/c1-20-18-35(12-13-36(20)26(37)9-14-39-3)28-23(17-31)16-25(27(34-28)21-7-8-21)22-5-4-6-24(15-22)33-29(38)30(10-11-30)19-32-2/h4-6,15-16,19-21H,7-14,18H2,1-3H3,(H,33,38). The van der Waals surface area contributed by atoms with E-state index in [9.17, 15) is 14.9 Å². The summed E-state index contributed by atoms with van der Waals surface area (Å²) in [5.41, 5.74) is 3.62. The summed E-state index contributed by atoms with van der Waals surface area (Å²) in [4.78, 5) is 38.7. The van der Waals surface area contributed by atoms with Crippen molar-refractivity contribution in [3.8, 4) is 17.2 Å². The molecule has 1 aromatic heterocycles. The average molecular weight is 529 g/mol. The number of amides is 2. The first-order valence-electron chi connectivity index (χ1n) is 13.7. The van der Waals surface area contributed by atoms with E-state index in [0.29, 0.717) is 50.0 Å². The van der Waals surface area contributed by atoms with Crippen LogP contribution in [0.5, 0.6) is 0 Å². The number of hydrogen-bond donors (Lipinski definition) is 1. The largest absolute Gasteiger partial charge is 0.384 e. The SMILES string of the molecule is CN=CC1(C(=O)Nc2cccc(-c3cc(C#N)c(N4CCN(C(=O)CCOC)C(C)C4)nc3C3CC3)c2)CC1. The molecule has 2 amide bonds. The number of piperazine rings is 1. The molecule has 3 fully saturated rings. The molecule has 1 unspecified atom stereocenters. The Morgan fingerprint density at radius 1 is 1.28 bits per heavy atom. The molecule has 2 heterocycles. The molecule has 9 heteroatoms. The highest BCUT2D eigenvalue weighted by molar-refractivity contribution is 6.08. The maximum Gasteiger partial charge on any atom is 0.235 e. The van der Waals surface area contributed by atoms with E-state index in [4.69, 9.17) is 9.72 Å². The van der Waals surface area contributed by atoms with Crippen LogP contribution in [-0.4, -0.2) is 74.4 Å². The molecule has 204 valence electrons. The van der Waals surface area contributed by atoms with Crippen LogP contribution in [-0.2, 0) is 14.3 Å². The molecule has 1 N–H and O–H groups in total. The summed E-state index contributed by atoms with van der Waals surface area (Å²) in [6.45, 7) is 4.28. The Morgan fingerprint density at radius 3 is 2.72 bits per heavy atom. The zero-order valence-corrected chi connectivity index (χ0v) is 22.9. The van der Waals surface area contributed by atoms with E-state index in [0.717, 1.165) is 48.2 Å². The van der Waals surface area contributed by atoms with Gasteiger partial charge in [-0.15, -0.1) is 0 Å². The highest BCUT2D eigenvalue weighted by Crippen LogP contribution is 2.46. The fraction of sp³-hybridized carbons (Fsp3) is 0.500. The molecule has 2 aliphatic carbocycles. The van der Waals surface area contributed by atoms with Crippen LogP contribution >= 0.6 is 0 Å². The first-order valence-corrected chi connectivity index (χ1v) is 13.7. The van der Waals surface area contributed by atoms with Gasteiger partial charge in [0.1, 0.15) is 11.9 Å². The van der Waals surface area contributed by atoms with Gasteiger partial charge >= 0.3 is 0 Å². The minimum Gasteiger partial charge on any atom is -0.384 e. The van der Waals surface area contributed by atoms with Gasteiger partial charge in [0.2, 0.25) is 11.8 Å². The lowest BCUT2D eigenvalue weighted by Crippen LogP contribution is -2.54. The molecule has 5 rings (SSSR count). The summed E-state index contributed by atoms with van der Waals surface area (Å²) in [6, 6.07) is 12.1. The van der Waals surface area contributed by atoms with Crippen molar-refractivity contribution in [1.29, 1.82) is 5.26 Å². The number of hydrogen-bond acceptors (Lipinski definition) is 7. The van der Waals surface area contributed by atoms with Crippen LogP contribution < -0.4 is 10.2 Å². The molecule has 2 aromatic rings. The van der Waals surface area contributed by atoms with Crippen LogP contribution in [0, 0.1) is 16.7 Å². The fourth-order valence-electron chi connectivity index (χ4n) is 5.41. The second-order valence-corrected chi connectivity index (χ2v) is 10.9. The monoisotopic (exact) mass is 528 g/mol. The van der Waals surface area contributed by atoms with Crippen LogP contribution in [0.1, 0.15) is 56.2 Å². The van der Waals surface area contributed by atoms with Crippen molar-refractivity contribution in [3.05, 3.63) is 41.6 Å². The number of aliphatic imine (C=N–C) groups is 1. The normalized spacial score (nSPS) is 20.1. The van der Waals surface area contributed by atoms with E-state index < -0.39 is 5.41 Å². The fourth-order valence-corrected chi connectivity index (χ4v) is 5.41. The zero-order valence-electron chi connectivity index (χ0n) is 22.9. The van der Waals surface area contributed by atoms with Crippen molar-refractivity contribution in [2.45, 2.75) is 51.0 Å². The van der Waals surface area contributed by atoms with Gasteiger partial charge in [-0.3, -0.25) is 14.6 Å². The number of nitriles is 1. The topological polar surface area (TPSA) is 111 Å². The lowest BCUT2D eigenvalue weighted by atomic mass is 9.98. The molecule has 1 atom stereocenters. The smallest absolute Gasteiger partial charge is 0.235 e. The second kappa shape index (κ2) is 11.1. The predicted octanol–water partition coefficient (Wildman–Crippen LogP) is 3.99. The lowest BCUT2D eigenvalue weighted by Gasteiger charge is -2.41. The van der Waals surface area contributed by atoms with Gasteiger partial charge < -0.3 is 19.9 Å². The molecular formula is C30H36N6O3.